The van der Waals surface area contributed by atoms with Crippen LogP contribution in [0.1, 0.15) is 34.3 Å². The maximum absolute atomic E-state index is 12.8. The zero-order chi connectivity index (χ0) is 17.3. The van der Waals surface area contributed by atoms with Gasteiger partial charge in [0.25, 0.3) is 5.91 Å². The predicted molar refractivity (Wildman–Crippen MR) is 97.8 cm³/mol. The summed E-state index contributed by atoms with van der Waals surface area (Å²) in [7, 11) is 1.64. The topological polar surface area (TPSA) is 41.6 Å². The number of rotatable bonds is 3. The fourth-order valence-electron chi connectivity index (χ4n) is 4.10. The smallest absolute Gasteiger partial charge is 0.252 e. The number of carbonyl (C=O) groups excluding carboxylic acids is 1. The van der Waals surface area contributed by atoms with E-state index in [0.717, 1.165) is 55.8 Å². The lowest BCUT2D eigenvalue weighted by atomic mass is 9.91. The number of fused-ring (bicyclic) bond motifs is 1. The molecule has 2 heterocycles. The quantitative estimate of drug-likeness (QED) is 0.937. The van der Waals surface area contributed by atoms with Crippen LogP contribution in [0, 0.1) is 0 Å². The van der Waals surface area contributed by atoms with Gasteiger partial charge >= 0.3 is 0 Å². The Labute approximate surface area is 148 Å². The van der Waals surface area contributed by atoms with Crippen molar-refractivity contribution in [3.63, 3.8) is 0 Å². The van der Waals surface area contributed by atoms with Gasteiger partial charge in [0, 0.05) is 25.2 Å². The predicted octanol–water partition coefficient (Wildman–Crippen LogP) is 3.02. The molecule has 2 aromatic carbocycles. The standard InChI is InChI=1S/C21H24N2O2/c1-25-18-8-7-17-9-10-21(22-20(24)19(17)13-18)11-12-23(15-21)14-16-5-3-2-4-6-16/h2-8,13H,9-12,14-15H2,1H3,(H,22,24). The number of benzene rings is 2. The van der Waals surface area contributed by atoms with Crippen molar-refractivity contribution in [2.24, 2.45) is 0 Å². The SMILES string of the molecule is COc1ccc2c(c1)C(=O)NC1(CC2)CCN(Cc2ccccc2)C1. The second-order valence-electron chi connectivity index (χ2n) is 7.20. The van der Waals surface area contributed by atoms with E-state index in [1.165, 1.54) is 5.56 Å². The summed E-state index contributed by atoms with van der Waals surface area (Å²) in [6, 6.07) is 16.4. The zero-order valence-electron chi connectivity index (χ0n) is 14.6. The van der Waals surface area contributed by atoms with Crippen LogP contribution in [0.15, 0.2) is 48.5 Å². The lowest BCUT2D eigenvalue weighted by Crippen LogP contribution is -2.49. The summed E-state index contributed by atoms with van der Waals surface area (Å²) in [5.41, 5.74) is 3.10. The molecule has 0 saturated carbocycles. The van der Waals surface area contributed by atoms with Crippen LogP contribution >= 0.6 is 0 Å². The van der Waals surface area contributed by atoms with Gasteiger partial charge in [0.1, 0.15) is 5.75 Å². The normalized spacial score (nSPS) is 23.2. The number of likely N-dealkylation sites (tertiary alicyclic amines) is 1. The third-order valence-corrected chi connectivity index (χ3v) is 5.50. The Kier molecular flexibility index (Phi) is 4.22. The van der Waals surface area contributed by atoms with Crippen LogP contribution in [-0.4, -0.2) is 36.5 Å². The van der Waals surface area contributed by atoms with Crippen LogP contribution in [0.25, 0.3) is 0 Å². The van der Waals surface area contributed by atoms with E-state index < -0.39 is 0 Å². The minimum Gasteiger partial charge on any atom is -0.497 e. The molecule has 1 atom stereocenters. The Hall–Kier alpha value is -2.33. The number of hydrogen-bond donors (Lipinski definition) is 1. The molecule has 2 aromatic rings. The molecule has 130 valence electrons. The fourth-order valence-corrected chi connectivity index (χ4v) is 4.10. The van der Waals surface area contributed by atoms with Crippen molar-refractivity contribution in [3.05, 3.63) is 65.2 Å². The van der Waals surface area contributed by atoms with Gasteiger partial charge in [-0.05, 0) is 42.5 Å². The molecule has 25 heavy (non-hydrogen) atoms. The van der Waals surface area contributed by atoms with Gasteiger partial charge in [0.05, 0.1) is 12.6 Å². The Bertz CT molecular complexity index is 775. The van der Waals surface area contributed by atoms with Crippen LogP contribution in [0.5, 0.6) is 5.75 Å². The van der Waals surface area contributed by atoms with E-state index in [0.29, 0.717) is 0 Å². The summed E-state index contributed by atoms with van der Waals surface area (Å²) >= 11 is 0. The Morgan fingerprint density at radius 3 is 2.80 bits per heavy atom. The number of carbonyl (C=O) groups is 1. The average Bonchev–Trinajstić information content (AvgIpc) is 2.96. The largest absolute Gasteiger partial charge is 0.497 e. The minimum absolute atomic E-state index is 0.0351. The second kappa shape index (κ2) is 6.52. The van der Waals surface area contributed by atoms with E-state index in [2.05, 4.69) is 34.5 Å². The molecule has 4 nitrogen and oxygen atoms in total. The van der Waals surface area contributed by atoms with Crippen LogP contribution in [-0.2, 0) is 13.0 Å². The molecule has 2 aliphatic heterocycles. The van der Waals surface area contributed by atoms with Gasteiger partial charge in [-0.15, -0.1) is 0 Å². The van der Waals surface area contributed by atoms with E-state index in [4.69, 9.17) is 4.74 Å². The molecule has 4 heteroatoms. The molecular formula is C21H24N2O2. The Morgan fingerprint density at radius 2 is 2.00 bits per heavy atom. The van der Waals surface area contributed by atoms with Crippen molar-refractivity contribution in [1.29, 1.82) is 0 Å². The van der Waals surface area contributed by atoms with Crippen LogP contribution in [0.4, 0.5) is 0 Å². The molecule has 0 aromatic heterocycles. The summed E-state index contributed by atoms with van der Waals surface area (Å²) < 4.78 is 5.28. The molecule has 0 bridgehead atoms. The van der Waals surface area contributed by atoms with E-state index in [1.54, 1.807) is 7.11 Å². The van der Waals surface area contributed by atoms with Crippen LogP contribution in [0.3, 0.4) is 0 Å². The van der Waals surface area contributed by atoms with Crippen molar-refractivity contribution in [3.8, 4) is 5.75 Å². The molecule has 1 N–H and O–H groups in total. The van der Waals surface area contributed by atoms with Gasteiger partial charge in [0.15, 0.2) is 0 Å². The molecule has 4 rings (SSSR count). The first-order chi connectivity index (χ1) is 12.2. The second-order valence-corrected chi connectivity index (χ2v) is 7.20. The van der Waals surface area contributed by atoms with Gasteiger partial charge < -0.3 is 10.1 Å². The van der Waals surface area contributed by atoms with Crippen molar-refractivity contribution in [2.75, 3.05) is 20.2 Å². The highest BCUT2D eigenvalue weighted by Gasteiger charge is 2.41. The Morgan fingerprint density at radius 1 is 1.16 bits per heavy atom. The number of ether oxygens (including phenoxy) is 1. The summed E-state index contributed by atoms with van der Waals surface area (Å²) in [5.74, 6) is 0.773. The number of amides is 1. The highest BCUT2D eigenvalue weighted by Crippen LogP contribution is 2.32. The van der Waals surface area contributed by atoms with Crippen LogP contribution < -0.4 is 10.1 Å². The number of methoxy groups -OCH3 is 1. The molecular weight excluding hydrogens is 312 g/mol. The maximum atomic E-state index is 12.8. The van der Waals surface area contributed by atoms with E-state index >= 15 is 0 Å². The lowest BCUT2D eigenvalue weighted by molar-refractivity contribution is 0.0901. The van der Waals surface area contributed by atoms with Crippen molar-refractivity contribution in [1.82, 2.24) is 10.2 Å². The number of hydrogen-bond acceptors (Lipinski definition) is 3. The molecule has 1 fully saturated rings. The monoisotopic (exact) mass is 336 g/mol. The average molecular weight is 336 g/mol. The summed E-state index contributed by atoms with van der Waals surface area (Å²) in [5, 5.41) is 3.34. The molecule has 0 radical (unpaired) electrons. The molecule has 0 aliphatic carbocycles. The fraction of sp³-hybridized carbons (Fsp3) is 0.381. The van der Waals surface area contributed by atoms with Crippen molar-refractivity contribution >= 4 is 5.91 Å². The highest BCUT2D eigenvalue weighted by atomic mass is 16.5. The van der Waals surface area contributed by atoms with E-state index in [-0.39, 0.29) is 11.4 Å². The minimum atomic E-state index is -0.113. The first-order valence-electron chi connectivity index (χ1n) is 8.93. The zero-order valence-corrected chi connectivity index (χ0v) is 14.6. The maximum Gasteiger partial charge on any atom is 0.252 e. The van der Waals surface area contributed by atoms with Gasteiger partial charge in [0.2, 0.25) is 0 Å². The summed E-state index contributed by atoms with van der Waals surface area (Å²) in [6.07, 6.45) is 2.93. The Balaban J connectivity index is 1.50. The van der Waals surface area contributed by atoms with E-state index in [9.17, 15) is 4.79 Å². The highest BCUT2D eigenvalue weighted by molar-refractivity contribution is 5.97. The first kappa shape index (κ1) is 16.2. The van der Waals surface area contributed by atoms with Gasteiger partial charge in [-0.2, -0.15) is 0 Å². The van der Waals surface area contributed by atoms with E-state index in [1.807, 2.05) is 24.3 Å². The van der Waals surface area contributed by atoms with Gasteiger partial charge in [-0.25, -0.2) is 0 Å². The number of nitrogens with one attached hydrogen (secondary N) is 1. The first-order valence-corrected chi connectivity index (χ1v) is 8.93. The molecule has 2 aliphatic rings. The molecule has 1 unspecified atom stereocenters. The molecule has 1 spiro atoms. The third kappa shape index (κ3) is 3.27. The molecule has 1 saturated heterocycles. The van der Waals surface area contributed by atoms with Crippen LogP contribution in [0.2, 0.25) is 0 Å². The summed E-state index contributed by atoms with van der Waals surface area (Å²) in [4.78, 5) is 15.3. The lowest BCUT2D eigenvalue weighted by Gasteiger charge is -2.29. The third-order valence-electron chi connectivity index (χ3n) is 5.50. The summed E-state index contributed by atoms with van der Waals surface area (Å²) in [6.45, 7) is 2.88. The van der Waals surface area contributed by atoms with Gasteiger partial charge in [-0.3, -0.25) is 9.69 Å². The van der Waals surface area contributed by atoms with Gasteiger partial charge in [-0.1, -0.05) is 36.4 Å². The van der Waals surface area contributed by atoms with Crippen molar-refractivity contribution in [2.45, 2.75) is 31.3 Å². The molecule has 1 amide bonds. The van der Waals surface area contributed by atoms with Crippen molar-refractivity contribution < 1.29 is 9.53 Å². The number of aryl methyl sites for hydroxylation is 1. The number of nitrogens with zero attached hydrogens (tertiary/aromatic N) is 1.